The van der Waals surface area contributed by atoms with Crippen LogP contribution < -0.4 is 0 Å². The van der Waals surface area contributed by atoms with Crippen molar-refractivity contribution in [3.63, 3.8) is 0 Å². The molecule has 11 heavy (non-hydrogen) atoms. The number of rotatable bonds is 2. The van der Waals surface area contributed by atoms with Crippen LogP contribution in [0.4, 0.5) is 0 Å². The highest BCUT2D eigenvalue weighted by molar-refractivity contribution is 5.05. The Morgan fingerprint density at radius 3 is 2.91 bits per heavy atom. The molecular formula is C7H9N3O. The molecular weight excluding hydrogens is 142 g/mol. The normalized spacial score (nSPS) is 12.5. The Kier molecular flexibility index (Phi) is 2.21. The van der Waals surface area contributed by atoms with E-state index in [4.69, 9.17) is 5.26 Å². The van der Waals surface area contributed by atoms with Crippen molar-refractivity contribution in [2.75, 3.05) is 0 Å². The molecule has 0 radical (unpaired) electrons. The van der Waals surface area contributed by atoms with Crippen molar-refractivity contribution in [2.24, 2.45) is 0 Å². The maximum absolute atomic E-state index is 8.36. The van der Waals surface area contributed by atoms with Crippen molar-refractivity contribution in [1.29, 1.82) is 5.26 Å². The Hall–Kier alpha value is -1.37. The van der Waals surface area contributed by atoms with Crippen LogP contribution in [0.3, 0.4) is 0 Å². The lowest BCUT2D eigenvalue weighted by Gasteiger charge is -1.97. The molecule has 0 aliphatic rings. The van der Waals surface area contributed by atoms with Crippen LogP contribution in [0, 0.1) is 11.3 Å². The highest BCUT2D eigenvalue weighted by Gasteiger charge is 2.10. The maximum atomic E-state index is 8.36. The van der Waals surface area contributed by atoms with E-state index >= 15 is 0 Å². The zero-order valence-electron chi connectivity index (χ0n) is 6.53. The van der Waals surface area contributed by atoms with Gasteiger partial charge >= 0.3 is 5.89 Å². The summed E-state index contributed by atoms with van der Waals surface area (Å²) in [6.45, 7) is 4.03. The van der Waals surface area contributed by atoms with Gasteiger partial charge in [-0.3, -0.25) is 0 Å². The van der Waals surface area contributed by atoms with E-state index in [0.717, 1.165) is 6.42 Å². The van der Waals surface area contributed by atoms with Gasteiger partial charge in [0.25, 0.3) is 0 Å². The molecule has 0 bridgehead atoms. The summed E-state index contributed by atoms with van der Waals surface area (Å²) < 4.78 is 4.61. The molecule has 0 aliphatic carbocycles. The predicted octanol–water partition coefficient (Wildman–Crippen LogP) is 1.45. The fourth-order valence-corrected chi connectivity index (χ4v) is 0.663. The number of hydrogen-bond donors (Lipinski definition) is 0. The van der Waals surface area contributed by atoms with Crippen LogP contribution in [0.25, 0.3) is 0 Å². The second-order valence-corrected chi connectivity index (χ2v) is 2.38. The Morgan fingerprint density at radius 2 is 2.45 bits per heavy atom. The molecule has 0 aliphatic heterocycles. The minimum Gasteiger partial charge on any atom is -0.323 e. The molecule has 1 heterocycles. The van der Waals surface area contributed by atoms with Gasteiger partial charge < -0.3 is 4.52 Å². The molecule has 0 N–H and O–H groups in total. The van der Waals surface area contributed by atoms with Gasteiger partial charge in [0.1, 0.15) is 0 Å². The smallest absolute Gasteiger partial charge is 0.323 e. The zero-order chi connectivity index (χ0) is 8.27. The fourth-order valence-electron chi connectivity index (χ4n) is 0.663. The van der Waals surface area contributed by atoms with Crippen LogP contribution in [0.5, 0.6) is 0 Å². The largest absolute Gasteiger partial charge is 0.329 e. The van der Waals surface area contributed by atoms with Gasteiger partial charge in [0, 0.05) is 5.92 Å². The summed E-state index contributed by atoms with van der Waals surface area (Å²) >= 11 is 0. The van der Waals surface area contributed by atoms with Crippen LogP contribution >= 0.6 is 0 Å². The maximum Gasteiger partial charge on any atom is 0.329 e. The van der Waals surface area contributed by atoms with E-state index in [1.807, 2.05) is 13.8 Å². The molecule has 0 saturated carbocycles. The average molecular weight is 151 g/mol. The first-order valence-corrected chi connectivity index (χ1v) is 3.51. The molecule has 0 amide bonds. The molecule has 1 aromatic rings. The first kappa shape index (κ1) is 7.73. The lowest BCUT2D eigenvalue weighted by atomic mass is 10.1. The van der Waals surface area contributed by atoms with Gasteiger partial charge in [0.2, 0.25) is 0 Å². The molecule has 1 atom stereocenters. The molecule has 1 aromatic heterocycles. The van der Waals surface area contributed by atoms with Gasteiger partial charge in [-0.15, -0.1) is 0 Å². The third kappa shape index (κ3) is 1.55. The van der Waals surface area contributed by atoms with Crippen LogP contribution in [-0.4, -0.2) is 10.1 Å². The minimum atomic E-state index is 0.0419. The highest BCUT2D eigenvalue weighted by Crippen LogP contribution is 2.13. The Balaban J connectivity index is 2.82. The molecule has 1 unspecified atom stereocenters. The monoisotopic (exact) mass is 151 g/mol. The topological polar surface area (TPSA) is 62.7 Å². The molecule has 0 aromatic carbocycles. The van der Waals surface area contributed by atoms with E-state index in [9.17, 15) is 0 Å². The van der Waals surface area contributed by atoms with Crippen molar-refractivity contribution in [3.05, 3.63) is 11.7 Å². The van der Waals surface area contributed by atoms with Crippen molar-refractivity contribution in [3.8, 4) is 6.07 Å². The fraction of sp³-hybridized carbons (Fsp3) is 0.571. The minimum absolute atomic E-state index is 0.0419. The summed E-state index contributed by atoms with van der Waals surface area (Å²) in [5.41, 5.74) is 0. The first-order chi connectivity index (χ1) is 5.27. The van der Waals surface area contributed by atoms with Gasteiger partial charge in [0.05, 0.1) is 0 Å². The van der Waals surface area contributed by atoms with Gasteiger partial charge in [-0.1, -0.05) is 19.0 Å². The summed E-state index contributed by atoms with van der Waals surface area (Å²) in [7, 11) is 0. The second kappa shape index (κ2) is 3.15. The lowest BCUT2D eigenvalue weighted by molar-refractivity contribution is 0.395. The van der Waals surface area contributed by atoms with Crippen molar-refractivity contribution in [2.45, 2.75) is 26.2 Å². The number of nitriles is 1. The van der Waals surface area contributed by atoms with E-state index in [0.29, 0.717) is 5.82 Å². The summed E-state index contributed by atoms with van der Waals surface area (Å²) in [6.07, 6.45) is 0.949. The molecule has 0 spiro atoms. The Labute approximate surface area is 64.8 Å². The summed E-state index contributed by atoms with van der Waals surface area (Å²) in [5.74, 6) is 0.921. The summed E-state index contributed by atoms with van der Waals surface area (Å²) in [5, 5.41) is 12.0. The predicted molar refractivity (Wildman–Crippen MR) is 37.7 cm³/mol. The number of hydrogen-bond acceptors (Lipinski definition) is 4. The van der Waals surface area contributed by atoms with Crippen molar-refractivity contribution >= 4 is 0 Å². The average Bonchev–Trinajstić information content (AvgIpc) is 2.50. The Morgan fingerprint density at radius 1 is 1.73 bits per heavy atom. The molecule has 1 rings (SSSR count). The SMILES string of the molecule is CCC(C)c1noc(C#N)n1. The van der Waals surface area contributed by atoms with Crippen LogP contribution in [-0.2, 0) is 0 Å². The zero-order valence-corrected chi connectivity index (χ0v) is 6.53. The summed E-state index contributed by atoms with van der Waals surface area (Å²) in [6, 6.07) is 1.79. The van der Waals surface area contributed by atoms with E-state index in [2.05, 4.69) is 14.7 Å². The van der Waals surface area contributed by atoms with Gasteiger partial charge in [-0.2, -0.15) is 10.2 Å². The van der Waals surface area contributed by atoms with Crippen LogP contribution in [0.1, 0.15) is 37.9 Å². The summed E-state index contributed by atoms with van der Waals surface area (Å²) in [4.78, 5) is 3.86. The van der Waals surface area contributed by atoms with E-state index in [1.54, 1.807) is 6.07 Å². The molecule has 58 valence electrons. The molecule has 4 nitrogen and oxygen atoms in total. The van der Waals surface area contributed by atoms with Gasteiger partial charge in [-0.25, -0.2) is 0 Å². The third-order valence-electron chi connectivity index (χ3n) is 1.59. The molecule has 4 heteroatoms. The van der Waals surface area contributed by atoms with Crippen molar-refractivity contribution < 1.29 is 4.52 Å². The number of aromatic nitrogens is 2. The Bertz CT molecular complexity index is 273. The highest BCUT2D eigenvalue weighted by atomic mass is 16.5. The van der Waals surface area contributed by atoms with Gasteiger partial charge in [0.15, 0.2) is 11.9 Å². The van der Waals surface area contributed by atoms with E-state index < -0.39 is 0 Å². The second-order valence-electron chi connectivity index (χ2n) is 2.38. The van der Waals surface area contributed by atoms with Crippen LogP contribution in [0.15, 0.2) is 4.52 Å². The van der Waals surface area contributed by atoms with Gasteiger partial charge in [-0.05, 0) is 6.42 Å². The molecule has 0 saturated heterocycles. The standard InChI is InChI=1S/C7H9N3O/c1-3-5(2)7-9-6(4-8)11-10-7/h5H,3H2,1-2H3. The van der Waals surface area contributed by atoms with Crippen LogP contribution in [0.2, 0.25) is 0 Å². The first-order valence-electron chi connectivity index (χ1n) is 3.51. The van der Waals surface area contributed by atoms with Crippen molar-refractivity contribution in [1.82, 2.24) is 10.1 Å². The lowest BCUT2D eigenvalue weighted by Crippen LogP contribution is -1.93. The third-order valence-corrected chi connectivity index (χ3v) is 1.59. The van der Waals surface area contributed by atoms with E-state index in [1.165, 1.54) is 0 Å². The molecule has 0 fully saturated rings. The number of nitrogens with zero attached hydrogens (tertiary/aromatic N) is 3. The quantitative estimate of drug-likeness (QED) is 0.641. The van der Waals surface area contributed by atoms with E-state index in [-0.39, 0.29) is 11.8 Å².